The summed E-state index contributed by atoms with van der Waals surface area (Å²) in [5, 5.41) is 0.168. The third-order valence-electron chi connectivity index (χ3n) is 3.09. The summed E-state index contributed by atoms with van der Waals surface area (Å²) in [7, 11) is 0.775. The van der Waals surface area contributed by atoms with Gasteiger partial charge in [-0.15, -0.1) is 0 Å². The van der Waals surface area contributed by atoms with E-state index >= 15 is 0 Å². The van der Waals surface area contributed by atoms with Gasteiger partial charge in [0.2, 0.25) is 0 Å². The van der Waals surface area contributed by atoms with Crippen LogP contribution in [0.4, 0.5) is 0 Å². The van der Waals surface area contributed by atoms with Crippen LogP contribution < -0.4 is 4.74 Å². The summed E-state index contributed by atoms with van der Waals surface area (Å²) in [6, 6.07) is 7.76. The van der Waals surface area contributed by atoms with Crippen molar-refractivity contribution in [3.63, 3.8) is 0 Å². The first-order chi connectivity index (χ1) is 8.20. The lowest BCUT2D eigenvalue weighted by Gasteiger charge is -2.13. The van der Waals surface area contributed by atoms with Gasteiger partial charge in [-0.25, -0.2) is 0 Å². The van der Waals surface area contributed by atoms with Crippen molar-refractivity contribution in [3.8, 4) is 5.75 Å². The average molecular weight is 254 g/mol. The molecular weight excluding hydrogens is 236 g/mol. The minimum Gasteiger partial charge on any atom is -0.497 e. The summed E-state index contributed by atoms with van der Waals surface area (Å²) in [5.74, 6) is 1.39. The van der Waals surface area contributed by atoms with Crippen LogP contribution in [0.2, 0.25) is 0 Å². The lowest BCUT2D eigenvalue weighted by Crippen LogP contribution is -2.24. The fourth-order valence-electron chi connectivity index (χ4n) is 2.09. The van der Waals surface area contributed by atoms with E-state index in [0.29, 0.717) is 5.75 Å². The third-order valence-corrected chi connectivity index (χ3v) is 5.00. The molecule has 0 aromatic heterocycles. The lowest BCUT2D eigenvalue weighted by molar-refractivity contribution is 0.127. The van der Waals surface area contributed by atoms with Crippen molar-refractivity contribution in [1.82, 2.24) is 0 Å². The highest BCUT2D eigenvalue weighted by Crippen LogP contribution is 2.22. The van der Waals surface area contributed by atoms with Crippen LogP contribution in [0.15, 0.2) is 24.3 Å². The van der Waals surface area contributed by atoms with Crippen molar-refractivity contribution in [2.75, 3.05) is 13.7 Å². The molecule has 0 spiro atoms. The van der Waals surface area contributed by atoms with Gasteiger partial charge in [-0.2, -0.15) is 0 Å². The Kier molecular flexibility index (Phi) is 4.18. The van der Waals surface area contributed by atoms with E-state index in [0.717, 1.165) is 24.3 Å². The fourth-order valence-corrected chi connectivity index (χ4v) is 3.68. The predicted octanol–water partition coefficient (Wildman–Crippen LogP) is 2.12. The Hall–Kier alpha value is -0.870. The third kappa shape index (κ3) is 3.07. The van der Waals surface area contributed by atoms with Crippen LogP contribution in [-0.2, 0) is 21.3 Å². The molecule has 1 fully saturated rings. The van der Waals surface area contributed by atoms with E-state index in [1.807, 2.05) is 31.2 Å². The molecule has 4 heteroatoms. The highest BCUT2D eigenvalue weighted by atomic mass is 32.2. The van der Waals surface area contributed by atoms with Gasteiger partial charge in [-0.1, -0.05) is 12.1 Å². The Bertz CT molecular complexity index is 405. The standard InChI is InChI=1S/C13H18O3S/c1-10-13(6-7-16-10)17(14)9-11-4-3-5-12(8-11)15-2/h3-5,8,10,13H,6-7,9H2,1-2H3/t10-,13-,17-/m0/s1. The second kappa shape index (κ2) is 5.65. The second-order valence-electron chi connectivity index (χ2n) is 4.28. The van der Waals surface area contributed by atoms with Crippen molar-refractivity contribution in [2.24, 2.45) is 0 Å². The molecule has 1 heterocycles. The Morgan fingerprint density at radius 1 is 1.53 bits per heavy atom. The Labute approximate surface area is 105 Å². The second-order valence-corrected chi connectivity index (χ2v) is 5.94. The summed E-state index contributed by atoms with van der Waals surface area (Å²) in [5.41, 5.74) is 1.06. The van der Waals surface area contributed by atoms with Gasteiger partial charge in [0.1, 0.15) is 5.75 Å². The molecule has 3 atom stereocenters. The molecule has 1 aliphatic heterocycles. The van der Waals surface area contributed by atoms with E-state index in [4.69, 9.17) is 9.47 Å². The maximum Gasteiger partial charge on any atom is 0.119 e. The van der Waals surface area contributed by atoms with Crippen LogP contribution in [-0.4, -0.2) is 29.3 Å². The monoisotopic (exact) mass is 254 g/mol. The Balaban J connectivity index is 2.02. The highest BCUT2D eigenvalue weighted by Gasteiger charge is 2.29. The van der Waals surface area contributed by atoms with Gasteiger partial charge in [0.25, 0.3) is 0 Å². The summed E-state index contributed by atoms with van der Waals surface area (Å²) in [6.45, 7) is 2.73. The molecule has 1 aromatic carbocycles. The zero-order chi connectivity index (χ0) is 12.3. The van der Waals surface area contributed by atoms with E-state index in [-0.39, 0.29) is 11.4 Å². The smallest absolute Gasteiger partial charge is 0.119 e. The van der Waals surface area contributed by atoms with Gasteiger partial charge in [0.15, 0.2) is 0 Å². The molecule has 0 aliphatic carbocycles. The maximum absolute atomic E-state index is 12.2. The first-order valence-corrected chi connectivity index (χ1v) is 7.20. The van der Waals surface area contributed by atoms with Gasteiger partial charge in [-0.3, -0.25) is 4.21 Å². The van der Waals surface area contributed by atoms with Gasteiger partial charge in [0, 0.05) is 23.2 Å². The van der Waals surface area contributed by atoms with Crippen molar-refractivity contribution >= 4 is 10.8 Å². The highest BCUT2D eigenvalue weighted by molar-refractivity contribution is 7.84. The largest absolute Gasteiger partial charge is 0.497 e. The molecule has 17 heavy (non-hydrogen) atoms. The molecule has 3 nitrogen and oxygen atoms in total. The molecule has 0 bridgehead atoms. The number of rotatable bonds is 4. The summed E-state index contributed by atoms with van der Waals surface area (Å²) >= 11 is 0. The molecule has 94 valence electrons. The number of hydrogen-bond acceptors (Lipinski definition) is 3. The normalized spacial score (nSPS) is 25.8. The lowest BCUT2D eigenvalue weighted by atomic mass is 10.2. The molecule has 1 aliphatic rings. The zero-order valence-electron chi connectivity index (χ0n) is 10.2. The van der Waals surface area contributed by atoms with Crippen molar-refractivity contribution in [3.05, 3.63) is 29.8 Å². The van der Waals surface area contributed by atoms with Crippen LogP contribution >= 0.6 is 0 Å². The van der Waals surface area contributed by atoms with Crippen LogP contribution in [0.5, 0.6) is 5.75 Å². The summed E-state index contributed by atoms with van der Waals surface area (Å²) in [6.07, 6.45) is 1.01. The van der Waals surface area contributed by atoms with Gasteiger partial charge >= 0.3 is 0 Å². The van der Waals surface area contributed by atoms with Crippen LogP contribution in [0.1, 0.15) is 18.9 Å². The molecule has 1 aromatic rings. The number of ether oxygens (including phenoxy) is 2. The SMILES string of the molecule is COc1cccc(C[S@](=O)[C@H]2CCO[C@H]2C)c1. The molecule has 0 N–H and O–H groups in total. The van der Waals surface area contributed by atoms with E-state index in [1.165, 1.54) is 0 Å². The van der Waals surface area contributed by atoms with E-state index < -0.39 is 10.8 Å². The van der Waals surface area contributed by atoms with Crippen molar-refractivity contribution in [2.45, 2.75) is 30.5 Å². The Morgan fingerprint density at radius 3 is 3.00 bits per heavy atom. The molecule has 0 saturated carbocycles. The van der Waals surface area contributed by atoms with Gasteiger partial charge in [0.05, 0.1) is 18.5 Å². The molecule has 0 amide bonds. The quantitative estimate of drug-likeness (QED) is 0.825. The first-order valence-electron chi connectivity index (χ1n) is 5.82. The average Bonchev–Trinajstić information content (AvgIpc) is 2.76. The minimum atomic E-state index is -0.867. The summed E-state index contributed by atoms with van der Waals surface area (Å²) in [4.78, 5) is 0. The first kappa shape index (κ1) is 12.6. The van der Waals surface area contributed by atoms with Crippen LogP contribution in [0.3, 0.4) is 0 Å². The van der Waals surface area contributed by atoms with E-state index in [1.54, 1.807) is 7.11 Å². The molecule has 2 rings (SSSR count). The topological polar surface area (TPSA) is 35.5 Å². The number of methoxy groups -OCH3 is 1. The van der Waals surface area contributed by atoms with Gasteiger partial charge in [-0.05, 0) is 31.0 Å². The number of benzene rings is 1. The number of hydrogen-bond donors (Lipinski definition) is 0. The van der Waals surface area contributed by atoms with Crippen LogP contribution in [0.25, 0.3) is 0 Å². The predicted molar refractivity (Wildman–Crippen MR) is 68.7 cm³/mol. The maximum atomic E-state index is 12.2. The van der Waals surface area contributed by atoms with Crippen molar-refractivity contribution in [1.29, 1.82) is 0 Å². The van der Waals surface area contributed by atoms with Crippen LogP contribution in [0, 0.1) is 0 Å². The molecule has 0 radical (unpaired) electrons. The minimum absolute atomic E-state index is 0.112. The van der Waals surface area contributed by atoms with Crippen molar-refractivity contribution < 1.29 is 13.7 Å². The Morgan fingerprint density at radius 2 is 2.35 bits per heavy atom. The van der Waals surface area contributed by atoms with Gasteiger partial charge < -0.3 is 9.47 Å². The molecule has 1 saturated heterocycles. The van der Waals surface area contributed by atoms with E-state index in [2.05, 4.69) is 0 Å². The zero-order valence-corrected chi connectivity index (χ0v) is 11.0. The molecule has 0 unspecified atom stereocenters. The fraction of sp³-hybridized carbons (Fsp3) is 0.538. The molecular formula is C13H18O3S. The van der Waals surface area contributed by atoms with E-state index in [9.17, 15) is 4.21 Å². The summed E-state index contributed by atoms with van der Waals surface area (Å²) < 4.78 is 22.8.